The summed E-state index contributed by atoms with van der Waals surface area (Å²) in [4.78, 5) is 11.8. The second-order valence-electron chi connectivity index (χ2n) is 6.03. The molecule has 0 atom stereocenters. The third-order valence-corrected chi connectivity index (χ3v) is 4.06. The summed E-state index contributed by atoms with van der Waals surface area (Å²) < 4.78 is 5.85. The standard InChI is InChI=1S/C17H26N2O2/c1-13-4-10-16(11-5-13)21-12-2-3-17(20)19-15-8-6-14(18)7-9-15/h6-9,13,16H,2-5,10-12,18H2,1H3,(H,19,20). The number of carbonyl (C=O) groups is 1. The maximum atomic E-state index is 11.8. The van der Waals surface area contributed by atoms with Gasteiger partial charge in [0.25, 0.3) is 0 Å². The van der Waals surface area contributed by atoms with Crippen LogP contribution in [0.25, 0.3) is 0 Å². The highest BCUT2D eigenvalue weighted by Gasteiger charge is 2.18. The van der Waals surface area contributed by atoms with E-state index in [2.05, 4.69) is 12.2 Å². The lowest BCUT2D eigenvalue weighted by Crippen LogP contribution is -2.21. The molecule has 2 rings (SSSR count). The van der Waals surface area contributed by atoms with Crippen molar-refractivity contribution in [2.75, 3.05) is 17.7 Å². The molecule has 0 heterocycles. The van der Waals surface area contributed by atoms with Gasteiger partial charge in [0, 0.05) is 24.4 Å². The molecule has 1 amide bonds. The molecule has 0 bridgehead atoms. The number of anilines is 2. The molecule has 1 saturated carbocycles. The molecule has 0 aromatic heterocycles. The first-order valence-electron chi connectivity index (χ1n) is 7.90. The Morgan fingerprint density at radius 3 is 2.57 bits per heavy atom. The Balaban J connectivity index is 1.58. The SMILES string of the molecule is CC1CCC(OCCCC(=O)Nc2ccc(N)cc2)CC1. The summed E-state index contributed by atoms with van der Waals surface area (Å²) in [5, 5.41) is 2.86. The van der Waals surface area contributed by atoms with Crippen LogP contribution in [-0.4, -0.2) is 18.6 Å². The van der Waals surface area contributed by atoms with Crippen molar-refractivity contribution in [3.05, 3.63) is 24.3 Å². The molecule has 3 N–H and O–H groups in total. The molecular weight excluding hydrogens is 264 g/mol. The number of carbonyl (C=O) groups excluding carboxylic acids is 1. The number of hydrogen-bond acceptors (Lipinski definition) is 3. The van der Waals surface area contributed by atoms with Gasteiger partial charge in [0.2, 0.25) is 5.91 Å². The molecule has 1 aromatic rings. The number of hydrogen-bond donors (Lipinski definition) is 2. The minimum Gasteiger partial charge on any atom is -0.399 e. The molecule has 4 nitrogen and oxygen atoms in total. The van der Waals surface area contributed by atoms with Gasteiger partial charge in [-0.05, 0) is 62.3 Å². The minimum atomic E-state index is 0.0284. The maximum Gasteiger partial charge on any atom is 0.224 e. The summed E-state index contributed by atoms with van der Waals surface area (Å²) in [5.41, 5.74) is 7.09. The number of benzene rings is 1. The van der Waals surface area contributed by atoms with Gasteiger partial charge < -0.3 is 15.8 Å². The molecule has 0 radical (unpaired) electrons. The lowest BCUT2D eigenvalue weighted by atomic mass is 9.89. The zero-order valence-corrected chi connectivity index (χ0v) is 12.8. The van der Waals surface area contributed by atoms with Crippen LogP contribution in [0.4, 0.5) is 11.4 Å². The van der Waals surface area contributed by atoms with E-state index < -0.39 is 0 Å². The van der Waals surface area contributed by atoms with Gasteiger partial charge >= 0.3 is 0 Å². The molecule has 1 aliphatic carbocycles. The Morgan fingerprint density at radius 1 is 1.24 bits per heavy atom. The number of nitrogen functional groups attached to an aromatic ring is 1. The predicted molar refractivity (Wildman–Crippen MR) is 86.1 cm³/mol. The van der Waals surface area contributed by atoms with E-state index in [0.29, 0.717) is 24.8 Å². The Hall–Kier alpha value is -1.55. The summed E-state index contributed by atoms with van der Waals surface area (Å²) in [6.45, 7) is 2.98. The Labute approximate surface area is 127 Å². The lowest BCUT2D eigenvalue weighted by Gasteiger charge is -2.26. The van der Waals surface area contributed by atoms with Crippen LogP contribution in [0.3, 0.4) is 0 Å². The molecular formula is C17H26N2O2. The predicted octanol–water partition coefficient (Wildman–Crippen LogP) is 3.58. The first-order chi connectivity index (χ1) is 10.1. The fraction of sp³-hybridized carbons (Fsp3) is 0.588. The highest BCUT2D eigenvalue weighted by molar-refractivity contribution is 5.90. The van der Waals surface area contributed by atoms with Crippen molar-refractivity contribution in [3.8, 4) is 0 Å². The van der Waals surface area contributed by atoms with Gasteiger partial charge in [-0.1, -0.05) is 6.92 Å². The summed E-state index contributed by atoms with van der Waals surface area (Å²) in [7, 11) is 0. The van der Waals surface area contributed by atoms with Crippen LogP contribution in [0.2, 0.25) is 0 Å². The van der Waals surface area contributed by atoms with Crippen LogP contribution >= 0.6 is 0 Å². The molecule has 0 aliphatic heterocycles. The Kier molecular flexibility index (Phi) is 6.05. The largest absolute Gasteiger partial charge is 0.399 e. The van der Waals surface area contributed by atoms with Crippen molar-refractivity contribution >= 4 is 17.3 Å². The van der Waals surface area contributed by atoms with Gasteiger partial charge in [0.05, 0.1) is 6.10 Å². The van der Waals surface area contributed by atoms with Gasteiger partial charge in [0.1, 0.15) is 0 Å². The zero-order chi connectivity index (χ0) is 15.1. The van der Waals surface area contributed by atoms with Crippen LogP contribution in [0.1, 0.15) is 45.4 Å². The fourth-order valence-electron chi connectivity index (χ4n) is 2.67. The molecule has 0 spiro atoms. The van der Waals surface area contributed by atoms with E-state index in [-0.39, 0.29) is 5.91 Å². The topological polar surface area (TPSA) is 64.3 Å². The molecule has 4 heteroatoms. The van der Waals surface area contributed by atoms with E-state index >= 15 is 0 Å². The van der Waals surface area contributed by atoms with E-state index in [0.717, 1.165) is 18.0 Å². The van der Waals surface area contributed by atoms with Crippen LogP contribution in [0.5, 0.6) is 0 Å². The molecule has 1 fully saturated rings. The first kappa shape index (κ1) is 15.8. The smallest absolute Gasteiger partial charge is 0.224 e. The average molecular weight is 290 g/mol. The van der Waals surface area contributed by atoms with Crippen LogP contribution < -0.4 is 11.1 Å². The van der Waals surface area contributed by atoms with Crippen molar-refractivity contribution in [1.29, 1.82) is 0 Å². The summed E-state index contributed by atoms with van der Waals surface area (Å²) in [6, 6.07) is 7.19. The fourth-order valence-corrected chi connectivity index (χ4v) is 2.67. The normalized spacial score (nSPS) is 22.0. The van der Waals surface area contributed by atoms with E-state index in [4.69, 9.17) is 10.5 Å². The van der Waals surface area contributed by atoms with Crippen molar-refractivity contribution in [3.63, 3.8) is 0 Å². The molecule has 1 aromatic carbocycles. The Bertz CT molecular complexity index is 437. The molecule has 0 unspecified atom stereocenters. The average Bonchev–Trinajstić information content (AvgIpc) is 2.48. The third kappa shape index (κ3) is 5.76. The molecule has 21 heavy (non-hydrogen) atoms. The molecule has 1 aliphatic rings. The van der Waals surface area contributed by atoms with Gasteiger partial charge in [-0.15, -0.1) is 0 Å². The molecule has 116 valence electrons. The van der Waals surface area contributed by atoms with Crippen molar-refractivity contribution in [1.82, 2.24) is 0 Å². The highest BCUT2D eigenvalue weighted by Crippen LogP contribution is 2.25. The first-order valence-corrected chi connectivity index (χ1v) is 7.90. The van der Waals surface area contributed by atoms with Crippen LogP contribution in [0, 0.1) is 5.92 Å². The van der Waals surface area contributed by atoms with Crippen LogP contribution in [-0.2, 0) is 9.53 Å². The van der Waals surface area contributed by atoms with E-state index in [9.17, 15) is 4.79 Å². The third-order valence-electron chi connectivity index (χ3n) is 4.06. The highest BCUT2D eigenvalue weighted by atomic mass is 16.5. The lowest BCUT2D eigenvalue weighted by molar-refractivity contribution is -0.116. The van der Waals surface area contributed by atoms with Crippen molar-refractivity contribution < 1.29 is 9.53 Å². The number of amides is 1. The number of nitrogens with one attached hydrogen (secondary N) is 1. The van der Waals surface area contributed by atoms with Crippen molar-refractivity contribution in [2.45, 2.75) is 51.6 Å². The second-order valence-corrected chi connectivity index (χ2v) is 6.03. The number of ether oxygens (including phenoxy) is 1. The van der Waals surface area contributed by atoms with E-state index in [1.165, 1.54) is 25.7 Å². The summed E-state index contributed by atoms with van der Waals surface area (Å²) in [5.74, 6) is 0.871. The monoisotopic (exact) mass is 290 g/mol. The minimum absolute atomic E-state index is 0.0284. The van der Waals surface area contributed by atoms with Gasteiger partial charge in [0.15, 0.2) is 0 Å². The van der Waals surface area contributed by atoms with Crippen molar-refractivity contribution in [2.24, 2.45) is 5.92 Å². The van der Waals surface area contributed by atoms with E-state index in [1.54, 1.807) is 12.1 Å². The molecule has 0 saturated heterocycles. The quantitative estimate of drug-likeness (QED) is 0.621. The summed E-state index contributed by atoms with van der Waals surface area (Å²) >= 11 is 0. The van der Waals surface area contributed by atoms with Gasteiger partial charge in [-0.3, -0.25) is 4.79 Å². The van der Waals surface area contributed by atoms with E-state index in [1.807, 2.05) is 12.1 Å². The summed E-state index contributed by atoms with van der Waals surface area (Å²) in [6.07, 6.45) is 6.53. The van der Waals surface area contributed by atoms with Gasteiger partial charge in [-0.2, -0.15) is 0 Å². The zero-order valence-electron chi connectivity index (χ0n) is 12.8. The number of nitrogens with two attached hydrogens (primary N) is 1. The maximum absolute atomic E-state index is 11.8. The van der Waals surface area contributed by atoms with Gasteiger partial charge in [-0.25, -0.2) is 0 Å². The number of rotatable bonds is 6. The second kappa shape index (κ2) is 8.03. The Morgan fingerprint density at radius 2 is 1.90 bits per heavy atom. The van der Waals surface area contributed by atoms with Crippen LogP contribution in [0.15, 0.2) is 24.3 Å².